The Hall–Kier alpha value is -3.03. The van der Waals surface area contributed by atoms with Crippen molar-refractivity contribution in [1.29, 1.82) is 0 Å². The molecule has 2 aliphatic heterocycles. The summed E-state index contributed by atoms with van der Waals surface area (Å²) < 4.78 is 32.6. The maximum atomic E-state index is 13.4. The zero-order valence-corrected chi connectivity index (χ0v) is 17.2. The molecule has 1 aromatic carbocycles. The molecule has 0 atom stereocenters. The van der Waals surface area contributed by atoms with E-state index in [4.69, 9.17) is 4.74 Å². The van der Waals surface area contributed by atoms with Gasteiger partial charge in [0.05, 0.1) is 6.54 Å². The van der Waals surface area contributed by atoms with Gasteiger partial charge in [0.1, 0.15) is 6.61 Å². The number of ether oxygens (including phenoxy) is 1. The van der Waals surface area contributed by atoms with Crippen LogP contribution in [-0.4, -0.2) is 47.7 Å². The van der Waals surface area contributed by atoms with Crippen LogP contribution in [0.25, 0.3) is 0 Å². The molecule has 0 radical (unpaired) electrons. The van der Waals surface area contributed by atoms with Crippen LogP contribution in [0.15, 0.2) is 30.5 Å². The molecular weight excluding hydrogens is 404 g/mol. The molecule has 0 N–H and O–H groups in total. The second-order valence-electron chi connectivity index (χ2n) is 8.54. The van der Waals surface area contributed by atoms with Crippen LogP contribution in [0, 0.1) is 5.92 Å². The highest BCUT2D eigenvalue weighted by Crippen LogP contribution is 2.40. The lowest BCUT2D eigenvalue weighted by Gasteiger charge is -2.31. The summed E-state index contributed by atoms with van der Waals surface area (Å²) >= 11 is 0. The Labute approximate surface area is 178 Å². The number of amides is 1. The van der Waals surface area contributed by atoms with Gasteiger partial charge in [-0.05, 0) is 42.7 Å². The van der Waals surface area contributed by atoms with Gasteiger partial charge in [0.25, 0.3) is 5.91 Å². The minimum Gasteiger partial charge on any atom is -0.488 e. The fourth-order valence-corrected chi connectivity index (χ4v) is 4.64. The molecule has 1 amide bonds. The van der Waals surface area contributed by atoms with Crippen molar-refractivity contribution in [3.63, 3.8) is 0 Å². The standard InChI is InChI=1S/C23H23F2N3O3/c1-27-13-16-10-17(2-3-18(16)22(27)30)28-8-9-31-19-11-15(12-26-21(19)28)20(29)14-4-6-23(24,25)7-5-14/h2-3,10-12,14H,4-9,13H2,1H3. The van der Waals surface area contributed by atoms with Crippen molar-refractivity contribution in [2.45, 2.75) is 38.2 Å². The molecule has 162 valence electrons. The fraction of sp³-hybridized carbons (Fsp3) is 0.435. The topological polar surface area (TPSA) is 62.7 Å². The fourth-order valence-electron chi connectivity index (χ4n) is 4.64. The monoisotopic (exact) mass is 427 g/mol. The van der Waals surface area contributed by atoms with E-state index in [0.717, 1.165) is 11.3 Å². The van der Waals surface area contributed by atoms with E-state index in [2.05, 4.69) is 4.98 Å². The van der Waals surface area contributed by atoms with E-state index in [0.29, 0.717) is 42.4 Å². The first-order valence-corrected chi connectivity index (χ1v) is 10.5. The Morgan fingerprint density at radius 1 is 1.23 bits per heavy atom. The maximum Gasteiger partial charge on any atom is 0.254 e. The first-order chi connectivity index (χ1) is 14.8. The largest absolute Gasteiger partial charge is 0.488 e. The van der Waals surface area contributed by atoms with E-state index in [-0.39, 0.29) is 37.4 Å². The normalized spacial score (nSPS) is 20.3. The number of carbonyl (C=O) groups excluding carboxylic acids is 2. The number of carbonyl (C=O) groups is 2. The Bertz CT molecular complexity index is 1060. The molecule has 1 aromatic heterocycles. The van der Waals surface area contributed by atoms with E-state index in [1.165, 1.54) is 6.20 Å². The van der Waals surface area contributed by atoms with Gasteiger partial charge >= 0.3 is 0 Å². The van der Waals surface area contributed by atoms with Gasteiger partial charge in [0.15, 0.2) is 17.4 Å². The first kappa shape index (κ1) is 19.9. The number of Topliss-reactive ketones (excluding diaryl/α,β-unsaturated/α-hetero) is 1. The van der Waals surface area contributed by atoms with Crippen LogP contribution in [0.1, 0.15) is 52.0 Å². The minimum atomic E-state index is -2.66. The SMILES string of the molecule is CN1Cc2cc(N3CCOc4cc(C(=O)C5CCC(F)(F)CC5)cnc43)ccc2C1=O. The number of alkyl halides is 2. The van der Waals surface area contributed by atoms with E-state index < -0.39 is 11.8 Å². The highest BCUT2D eigenvalue weighted by molar-refractivity contribution is 5.99. The van der Waals surface area contributed by atoms with Crippen LogP contribution in [0.4, 0.5) is 20.3 Å². The van der Waals surface area contributed by atoms with Gasteiger partial charge in [-0.15, -0.1) is 0 Å². The van der Waals surface area contributed by atoms with E-state index in [1.807, 2.05) is 23.1 Å². The minimum absolute atomic E-state index is 0.0192. The molecule has 1 fully saturated rings. The van der Waals surface area contributed by atoms with Crippen LogP contribution in [0.2, 0.25) is 0 Å². The number of rotatable bonds is 3. The Balaban J connectivity index is 1.40. The van der Waals surface area contributed by atoms with Crippen LogP contribution in [0.3, 0.4) is 0 Å². The van der Waals surface area contributed by atoms with Crippen molar-refractivity contribution < 1.29 is 23.1 Å². The maximum absolute atomic E-state index is 13.4. The summed E-state index contributed by atoms with van der Waals surface area (Å²) in [6, 6.07) is 7.40. The average molecular weight is 427 g/mol. The molecular formula is C23H23F2N3O3. The predicted octanol–water partition coefficient (Wildman–Crippen LogP) is 4.21. The number of benzene rings is 1. The van der Waals surface area contributed by atoms with Gasteiger partial charge in [-0.2, -0.15) is 0 Å². The number of nitrogens with zero attached hydrogens (tertiary/aromatic N) is 3. The van der Waals surface area contributed by atoms with E-state index >= 15 is 0 Å². The van der Waals surface area contributed by atoms with Crippen molar-refractivity contribution >= 4 is 23.2 Å². The average Bonchev–Trinajstić information content (AvgIpc) is 3.05. The lowest BCUT2D eigenvalue weighted by Crippen LogP contribution is -2.31. The summed E-state index contributed by atoms with van der Waals surface area (Å²) in [6.45, 7) is 1.59. The van der Waals surface area contributed by atoms with Crippen molar-refractivity contribution in [3.05, 3.63) is 47.2 Å². The molecule has 0 saturated heterocycles. The Morgan fingerprint density at radius 3 is 2.77 bits per heavy atom. The summed E-state index contributed by atoms with van der Waals surface area (Å²) in [5, 5.41) is 0. The highest BCUT2D eigenvalue weighted by Gasteiger charge is 2.38. The van der Waals surface area contributed by atoms with E-state index in [9.17, 15) is 18.4 Å². The molecule has 0 unspecified atom stereocenters. The van der Waals surface area contributed by atoms with Gasteiger partial charge in [-0.3, -0.25) is 9.59 Å². The molecule has 3 aliphatic rings. The number of halogens is 2. The molecule has 8 heteroatoms. The van der Waals surface area contributed by atoms with Gasteiger partial charge in [0, 0.05) is 55.4 Å². The van der Waals surface area contributed by atoms with Crippen LogP contribution >= 0.6 is 0 Å². The van der Waals surface area contributed by atoms with Crippen molar-refractivity contribution in [2.24, 2.45) is 5.92 Å². The smallest absolute Gasteiger partial charge is 0.254 e. The third-order valence-corrected chi connectivity index (χ3v) is 6.42. The second kappa shape index (κ2) is 7.28. The molecule has 6 nitrogen and oxygen atoms in total. The van der Waals surface area contributed by atoms with Crippen LogP contribution in [-0.2, 0) is 6.54 Å². The number of hydrogen-bond donors (Lipinski definition) is 0. The zero-order chi connectivity index (χ0) is 21.8. The number of pyridine rings is 1. The lowest BCUT2D eigenvalue weighted by molar-refractivity contribution is -0.0424. The summed E-state index contributed by atoms with van der Waals surface area (Å²) in [5.74, 6) is -2.08. The Morgan fingerprint density at radius 2 is 2.00 bits per heavy atom. The van der Waals surface area contributed by atoms with Crippen molar-refractivity contribution in [1.82, 2.24) is 9.88 Å². The van der Waals surface area contributed by atoms with Gasteiger partial charge in [0.2, 0.25) is 5.92 Å². The number of aromatic nitrogens is 1. The van der Waals surface area contributed by atoms with Crippen LogP contribution in [0.5, 0.6) is 5.75 Å². The number of ketones is 1. The molecule has 0 bridgehead atoms. The predicted molar refractivity (Wildman–Crippen MR) is 110 cm³/mol. The number of anilines is 2. The summed E-state index contributed by atoms with van der Waals surface area (Å²) in [6.07, 6.45) is 1.40. The molecule has 1 aliphatic carbocycles. The molecule has 31 heavy (non-hydrogen) atoms. The van der Waals surface area contributed by atoms with Crippen LogP contribution < -0.4 is 9.64 Å². The number of hydrogen-bond acceptors (Lipinski definition) is 5. The third kappa shape index (κ3) is 3.54. The number of fused-ring (bicyclic) bond motifs is 2. The first-order valence-electron chi connectivity index (χ1n) is 10.5. The van der Waals surface area contributed by atoms with Gasteiger partial charge in [-0.1, -0.05) is 0 Å². The second-order valence-corrected chi connectivity index (χ2v) is 8.54. The van der Waals surface area contributed by atoms with Gasteiger partial charge in [-0.25, -0.2) is 13.8 Å². The van der Waals surface area contributed by atoms with Crippen molar-refractivity contribution in [3.8, 4) is 5.75 Å². The van der Waals surface area contributed by atoms with Crippen molar-refractivity contribution in [2.75, 3.05) is 25.1 Å². The third-order valence-electron chi connectivity index (χ3n) is 6.42. The van der Waals surface area contributed by atoms with Gasteiger partial charge < -0.3 is 14.5 Å². The molecule has 0 spiro atoms. The Kier molecular flexibility index (Phi) is 4.68. The highest BCUT2D eigenvalue weighted by atomic mass is 19.3. The molecule has 5 rings (SSSR count). The molecule has 2 aromatic rings. The quantitative estimate of drug-likeness (QED) is 0.687. The lowest BCUT2D eigenvalue weighted by atomic mass is 9.82. The molecule has 3 heterocycles. The summed E-state index contributed by atoms with van der Waals surface area (Å²) in [4.78, 5) is 33.2. The summed E-state index contributed by atoms with van der Waals surface area (Å²) in [7, 11) is 1.78. The zero-order valence-electron chi connectivity index (χ0n) is 17.2. The van der Waals surface area contributed by atoms with E-state index in [1.54, 1.807) is 18.0 Å². The molecule has 1 saturated carbocycles. The summed E-state index contributed by atoms with van der Waals surface area (Å²) in [5.41, 5.74) is 3.00.